The third-order valence-corrected chi connectivity index (χ3v) is 2.51. The van der Waals surface area contributed by atoms with E-state index in [-0.39, 0.29) is 11.8 Å². The average molecular weight is 286 g/mol. The molecule has 1 aromatic heterocycles. The summed E-state index contributed by atoms with van der Waals surface area (Å²) < 4.78 is 5.47. The number of hydrazine groups is 1. The fraction of sp³-hybridized carbons (Fsp3) is 0. The van der Waals surface area contributed by atoms with Gasteiger partial charge in [-0.05, 0) is 18.2 Å². The molecule has 0 fully saturated rings. The van der Waals surface area contributed by atoms with E-state index in [0.29, 0.717) is 21.6 Å². The first-order valence-electron chi connectivity index (χ1n) is 4.82. The van der Waals surface area contributed by atoms with Gasteiger partial charge in [0, 0.05) is 11.1 Å². The van der Waals surface area contributed by atoms with Gasteiger partial charge in [-0.1, -0.05) is 23.2 Å². The zero-order chi connectivity index (χ0) is 13.1. The highest BCUT2D eigenvalue weighted by molar-refractivity contribution is 6.35. The van der Waals surface area contributed by atoms with Crippen LogP contribution in [0.4, 0.5) is 11.8 Å². The van der Waals surface area contributed by atoms with Crippen LogP contribution in [0.3, 0.4) is 0 Å². The van der Waals surface area contributed by atoms with Gasteiger partial charge >= 0.3 is 0 Å². The van der Waals surface area contributed by atoms with Crippen molar-refractivity contribution >= 4 is 35.0 Å². The second-order valence-electron chi connectivity index (χ2n) is 3.27. The Bertz CT molecular complexity index is 578. The Morgan fingerprint density at radius 3 is 2.61 bits per heavy atom. The highest BCUT2D eigenvalue weighted by Gasteiger charge is 2.07. The Hall–Kier alpha value is -1.76. The molecular formula is C10H9Cl2N5O. The monoisotopic (exact) mass is 285 g/mol. The van der Waals surface area contributed by atoms with Crippen molar-refractivity contribution in [3.8, 4) is 11.6 Å². The van der Waals surface area contributed by atoms with Crippen LogP contribution < -0.4 is 21.7 Å². The van der Waals surface area contributed by atoms with Gasteiger partial charge in [0.2, 0.25) is 11.8 Å². The average Bonchev–Trinajstić information content (AvgIpc) is 2.32. The summed E-state index contributed by atoms with van der Waals surface area (Å²) in [6.07, 6.45) is 0. The maximum Gasteiger partial charge on any atom is 0.226 e. The van der Waals surface area contributed by atoms with Crippen LogP contribution >= 0.6 is 23.2 Å². The molecule has 8 heteroatoms. The molecule has 0 saturated heterocycles. The minimum absolute atomic E-state index is 0.0329. The van der Waals surface area contributed by atoms with E-state index in [9.17, 15) is 0 Å². The summed E-state index contributed by atoms with van der Waals surface area (Å²) in [6, 6.07) is 6.32. The van der Waals surface area contributed by atoms with E-state index in [1.807, 2.05) is 0 Å². The molecule has 0 aliphatic carbocycles. The fourth-order valence-corrected chi connectivity index (χ4v) is 1.69. The van der Waals surface area contributed by atoms with Gasteiger partial charge in [-0.15, -0.1) is 0 Å². The van der Waals surface area contributed by atoms with Gasteiger partial charge in [-0.25, -0.2) is 5.84 Å². The zero-order valence-electron chi connectivity index (χ0n) is 9.02. The number of aromatic nitrogens is 2. The van der Waals surface area contributed by atoms with Gasteiger partial charge in [0.25, 0.3) is 0 Å². The molecule has 2 aromatic rings. The lowest BCUT2D eigenvalue weighted by Crippen LogP contribution is -2.10. The topological polar surface area (TPSA) is 99.1 Å². The SMILES string of the molecule is NNc1cc(Oc2ccc(Cl)cc2Cl)nc(N)n1. The molecule has 0 aliphatic rings. The van der Waals surface area contributed by atoms with Gasteiger partial charge in [-0.3, -0.25) is 0 Å². The molecule has 5 N–H and O–H groups in total. The number of hydrogen-bond donors (Lipinski definition) is 3. The molecule has 0 spiro atoms. The second kappa shape index (κ2) is 5.26. The molecule has 94 valence electrons. The summed E-state index contributed by atoms with van der Waals surface area (Å²) in [7, 11) is 0. The largest absolute Gasteiger partial charge is 0.437 e. The van der Waals surface area contributed by atoms with Crippen molar-refractivity contribution in [2.75, 3.05) is 11.2 Å². The molecule has 0 saturated carbocycles. The van der Waals surface area contributed by atoms with E-state index in [2.05, 4.69) is 15.4 Å². The van der Waals surface area contributed by atoms with E-state index < -0.39 is 0 Å². The Balaban J connectivity index is 2.30. The lowest BCUT2D eigenvalue weighted by Gasteiger charge is -2.08. The number of nitrogens with two attached hydrogens (primary N) is 2. The van der Waals surface area contributed by atoms with Gasteiger partial charge < -0.3 is 15.9 Å². The smallest absolute Gasteiger partial charge is 0.226 e. The quantitative estimate of drug-likeness (QED) is 0.592. The maximum atomic E-state index is 5.97. The van der Waals surface area contributed by atoms with E-state index in [0.717, 1.165) is 0 Å². The number of benzene rings is 1. The minimum Gasteiger partial charge on any atom is -0.437 e. The fourth-order valence-electron chi connectivity index (χ4n) is 1.24. The molecule has 1 heterocycles. The number of nitrogens with zero attached hydrogens (tertiary/aromatic N) is 2. The first-order chi connectivity index (χ1) is 8.58. The van der Waals surface area contributed by atoms with Crippen LogP contribution in [0.2, 0.25) is 10.0 Å². The minimum atomic E-state index is 0.0329. The van der Waals surface area contributed by atoms with Crippen molar-refractivity contribution in [2.45, 2.75) is 0 Å². The summed E-state index contributed by atoms with van der Waals surface area (Å²) in [6.45, 7) is 0. The second-order valence-corrected chi connectivity index (χ2v) is 4.11. The number of hydrogen-bond acceptors (Lipinski definition) is 6. The Morgan fingerprint density at radius 2 is 1.94 bits per heavy atom. The number of nitrogen functional groups attached to an aromatic ring is 2. The summed E-state index contributed by atoms with van der Waals surface area (Å²) >= 11 is 11.7. The standard InChI is InChI=1S/C10H9Cl2N5O/c11-5-1-2-7(6(12)3-5)18-9-4-8(17-14)15-10(13)16-9/h1-4H,14H2,(H3,13,15,16,17). The predicted octanol–water partition coefficient (Wildman–Crippen LogP) is 2.44. The highest BCUT2D eigenvalue weighted by Crippen LogP contribution is 2.31. The van der Waals surface area contributed by atoms with E-state index >= 15 is 0 Å². The van der Waals surface area contributed by atoms with Crippen LogP contribution in [-0.4, -0.2) is 9.97 Å². The third-order valence-electron chi connectivity index (χ3n) is 1.98. The number of rotatable bonds is 3. The molecule has 0 unspecified atom stereocenters. The molecule has 0 amide bonds. The molecule has 0 bridgehead atoms. The predicted molar refractivity (Wildman–Crippen MR) is 70.8 cm³/mol. The third kappa shape index (κ3) is 2.92. The van der Waals surface area contributed by atoms with E-state index in [1.54, 1.807) is 18.2 Å². The molecular weight excluding hydrogens is 277 g/mol. The number of anilines is 2. The maximum absolute atomic E-state index is 5.97. The Kier molecular flexibility index (Phi) is 3.71. The molecule has 2 rings (SSSR count). The van der Waals surface area contributed by atoms with E-state index in [1.165, 1.54) is 6.07 Å². The van der Waals surface area contributed by atoms with Crippen LogP contribution in [0.1, 0.15) is 0 Å². The summed E-state index contributed by atoms with van der Waals surface area (Å²) in [5.41, 5.74) is 7.85. The lowest BCUT2D eigenvalue weighted by atomic mass is 10.3. The molecule has 18 heavy (non-hydrogen) atoms. The molecule has 0 atom stereocenters. The van der Waals surface area contributed by atoms with Crippen LogP contribution in [0.5, 0.6) is 11.6 Å². The van der Waals surface area contributed by atoms with Gasteiger partial charge in [0.05, 0.1) is 5.02 Å². The number of nitrogens with one attached hydrogen (secondary N) is 1. The van der Waals surface area contributed by atoms with Crippen molar-refractivity contribution in [1.82, 2.24) is 9.97 Å². The van der Waals surface area contributed by atoms with Crippen molar-refractivity contribution in [2.24, 2.45) is 5.84 Å². The molecule has 0 aliphatic heterocycles. The first-order valence-corrected chi connectivity index (χ1v) is 5.58. The van der Waals surface area contributed by atoms with Gasteiger partial charge in [0.1, 0.15) is 11.6 Å². The van der Waals surface area contributed by atoms with Crippen LogP contribution in [0.15, 0.2) is 24.3 Å². The van der Waals surface area contributed by atoms with Gasteiger partial charge in [0.15, 0.2) is 0 Å². The molecule has 1 aromatic carbocycles. The van der Waals surface area contributed by atoms with Gasteiger partial charge in [-0.2, -0.15) is 9.97 Å². The lowest BCUT2D eigenvalue weighted by molar-refractivity contribution is 0.463. The first kappa shape index (κ1) is 12.7. The van der Waals surface area contributed by atoms with Crippen molar-refractivity contribution in [3.05, 3.63) is 34.3 Å². The summed E-state index contributed by atoms with van der Waals surface area (Å²) in [5, 5.41) is 0.876. The van der Waals surface area contributed by atoms with Crippen LogP contribution in [0.25, 0.3) is 0 Å². The van der Waals surface area contributed by atoms with E-state index in [4.69, 9.17) is 39.5 Å². The van der Waals surface area contributed by atoms with Crippen molar-refractivity contribution in [3.63, 3.8) is 0 Å². The Morgan fingerprint density at radius 1 is 1.17 bits per heavy atom. The zero-order valence-corrected chi connectivity index (χ0v) is 10.5. The number of ether oxygens (including phenoxy) is 1. The van der Waals surface area contributed by atoms with Crippen LogP contribution in [-0.2, 0) is 0 Å². The van der Waals surface area contributed by atoms with Crippen LogP contribution in [0, 0.1) is 0 Å². The van der Waals surface area contributed by atoms with Crippen molar-refractivity contribution < 1.29 is 4.74 Å². The highest BCUT2D eigenvalue weighted by atomic mass is 35.5. The summed E-state index contributed by atoms with van der Waals surface area (Å²) in [5.74, 6) is 6.23. The molecule has 6 nitrogen and oxygen atoms in total. The molecule has 0 radical (unpaired) electrons. The normalized spacial score (nSPS) is 10.2. The Labute approximate surface area is 113 Å². The number of halogens is 2. The van der Waals surface area contributed by atoms with Crippen molar-refractivity contribution in [1.29, 1.82) is 0 Å². The summed E-state index contributed by atoms with van der Waals surface area (Å²) in [4.78, 5) is 7.72.